The third kappa shape index (κ3) is 4.55. The molecule has 1 aliphatic carbocycles. The predicted molar refractivity (Wildman–Crippen MR) is 112 cm³/mol. The average Bonchev–Trinajstić information content (AvgIpc) is 3.09. The highest BCUT2D eigenvalue weighted by molar-refractivity contribution is 6.31. The lowest BCUT2D eigenvalue weighted by molar-refractivity contribution is 0.0894. The monoisotopic (exact) mass is 409 g/mol. The zero-order chi connectivity index (χ0) is 20.4. The van der Waals surface area contributed by atoms with Gasteiger partial charge in [-0.3, -0.25) is 9.69 Å². The summed E-state index contributed by atoms with van der Waals surface area (Å²) in [6.45, 7) is 1.85. The van der Waals surface area contributed by atoms with Crippen LogP contribution in [0.25, 0.3) is 0 Å². The van der Waals surface area contributed by atoms with Crippen LogP contribution in [0.1, 0.15) is 52.7 Å². The normalized spacial score (nSPS) is 21.3. The molecule has 4 rings (SSSR count). The Morgan fingerprint density at radius 2 is 1.90 bits per heavy atom. The minimum Gasteiger partial charge on any atom is -0.490 e. The van der Waals surface area contributed by atoms with E-state index in [9.17, 15) is 4.79 Å². The van der Waals surface area contributed by atoms with Crippen LogP contribution in [0.2, 0.25) is 5.02 Å². The second-order valence-corrected chi connectivity index (χ2v) is 8.38. The zero-order valence-electron chi connectivity index (χ0n) is 16.5. The molecular formula is C23H24ClN3O2. The van der Waals surface area contributed by atoms with Gasteiger partial charge in [0, 0.05) is 30.8 Å². The number of nitriles is 1. The van der Waals surface area contributed by atoms with Crippen LogP contribution in [0, 0.1) is 11.3 Å². The van der Waals surface area contributed by atoms with E-state index in [4.69, 9.17) is 21.6 Å². The lowest BCUT2D eigenvalue weighted by atomic mass is 9.92. The standard InChI is InChI=1S/C23H24ClN3O2/c1-27-13-17-3-2-15(10-18(17)14-27)23(28)26-19-5-8-20(9-6-19)29-21-7-4-16(12-25)22(24)11-21/h2-4,7,10-11,19-20H,5-6,8-9,13-14H2,1H3,(H,26,28). The minimum atomic E-state index is 0.00518. The molecule has 0 spiro atoms. The fourth-order valence-electron chi connectivity index (χ4n) is 4.15. The molecular weight excluding hydrogens is 386 g/mol. The number of fused-ring (bicyclic) bond motifs is 1. The van der Waals surface area contributed by atoms with Gasteiger partial charge >= 0.3 is 0 Å². The number of rotatable bonds is 4. The molecule has 1 heterocycles. The summed E-state index contributed by atoms with van der Waals surface area (Å²) in [5, 5.41) is 12.5. The molecule has 0 aromatic heterocycles. The van der Waals surface area contributed by atoms with E-state index in [-0.39, 0.29) is 18.1 Å². The number of ether oxygens (including phenoxy) is 1. The summed E-state index contributed by atoms with van der Waals surface area (Å²) in [6.07, 6.45) is 3.61. The van der Waals surface area contributed by atoms with Crippen molar-refractivity contribution in [1.82, 2.24) is 10.2 Å². The van der Waals surface area contributed by atoms with Crippen molar-refractivity contribution in [3.05, 3.63) is 63.7 Å². The van der Waals surface area contributed by atoms with Crippen LogP contribution in [0.5, 0.6) is 5.75 Å². The molecule has 6 heteroatoms. The number of amides is 1. The molecule has 150 valence electrons. The van der Waals surface area contributed by atoms with Crippen LogP contribution in [-0.2, 0) is 13.1 Å². The number of hydrogen-bond acceptors (Lipinski definition) is 4. The first kappa shape index (κ1) is 19.8. The highest BCUT2D eigenvalue weighted by Gasteiger charge is 2.25. The largest absolute Gasteiger partial charge is 0.490 e. The van der Waals surface area contributed by atoms with Gasteiger partial charge in [0.05, 0.1) is 16.7 Å². The third-order valence-electron chi connectivity index (χ3n) is 5.72. The van der Waals surface area contributed by atoms with E-state index in [1.54, 1.807) is 18.2 Å². The molecule has 1 amide bonds. The molecule has 1 saturated carbocycles. The first-order valence-corrected chi connectivity index (χ1v) is 10.4. The number of hydrogen-bond donors (Lipinski definition) is 1. The summed E-state index contributed by atoms with van der Waals surface area (Å²) in [4.78, 5) is 14.9. The summed E-state index contributed by atoms with van der Waals surface area (Å²) < 4.78 is 6.02. The van der Waals surface area contributed by atoms with E-state index in [1.807, 2.05) is 18.2 Å². The van der Waals surface area contributed by atoms with Crippen molar-refractivity contribution in [2.75, 3.05) is 7.05 Å². The van der Waals surface area contributed by atoms with Gasteiger partial charge in [0.2, 0.25) is 0 Å². The van der Waals surface area contributed by atoms with Gasteiger partial charge in [-0.25, -0.2) is 0 Å². The zero-order valence-corrected chi connectivity index (χ0v) is 17.2. The Labute approximate surface area is 176 Å². The maximum atomic E-state index is 12.7. The smallest absolute Gasteiger partial charge is 0.251 e. The van der Waals surface area contributed by atoms with Crippen molar-refractivity contribution >= 4 is 17.5 Å². The fourth-order valence-corrected chi connectivity index (χ4v) is 4.36. The molecule has 1 fully saturated rings. The number of nitrogens with one attached hydrogen (secondary N) is 1. The number of benzene rings is 2. The maximum absolute atomic E-state index is 12.7. The highest BCUT2D eigenvalue weighted by Crippen LogP contribution is 2.28. The predicted octanol–water partition coefficient (Wildman–Crippen LogP) is 4.28. The quantitative estimate of drug-likeness (QED) is 0.818. The van der Waals surface area contributed by atoms with Gasteiger partial charge in [0.25, 0.3) is 5.91 Å². The third-order valence-corrected chi connectivity index (χ3v) is 6.03. The van der Waals surface area contributed by atoms with Crippen molar-refractivity contribution in [3.63, 3.8) is 0 Å². The molecule has 29 heavy (non-hydrogen) atoms. The minimum absolute atomic E-state index is 0.00518. The molecule has 0 unspecified atom stereocenters. The summed E-state index contributed by atoms with van der Waals surface area (Å²) in [7, 11) is 2.09. The second kappa shape index (κ2) is 8.44. The molecule has 2 aliphatic rings. The van der Waals surface area contributed by atoms with Crippen molar-refractivity contribution in [1.29, 1.82) is 5.26 Å². The van der Waals surface area contributed by atoms with Crippen molar-refractivity contribution in [2.45, 2.75) is 50.9 Å². The molecule has 0 atom stereocenters. The van der Waals surface area contributed by atoms with Crippen LogP contribution in [-0.4, -0.2) is 30.0 Å². The molecule has 2 aromatic carbocycles. The molecule has 1 N–H and O–H groups in total. The SMILES string of the molecule is CN1Cc2ccc(C(=O)NC3CCC(Oc4ccc(C#N)c(Cl)c4)CC3)cc2C1. The molecule has 2 aromatic rings. The lowest BCUT2D eigenvalue weighted by Gasteiger charge is -2.29. The first-order valence-electron chi connectivity index (χ1n) is 9.99. The summed E-state index contributed by atoms with van der Waals surface area (Å²) in [5.74, 6) is 0.690. The van der Waals surface area contributed by atoms with Crippen molar-refractivity contribution < 1.29 is 9.53 Å². The molecule has 1 aliphatic heterocycles. The summed E-state index contributed by atoms with van der Waals surface area (Å²) >= 11 is 6.08. The Kier molecular flexibility index (Phi) is 5.75. The Bertz CT molecular complexity index is 961. The molecule has 0 saturated heterocycles. The lowest BCUT2D eigenvalue weighted by Crippen LogP contribution is -2.39. The van der Waals surface area contributed by atoms with E-state index in [0.717, 1.165) is 44.3 Å². The van der Waals surface area contributed by atoms with Crippen LogP contribution >= 0.6 is 11.6 Å². The van der Waals surface area contributed by atoms with Gasteiger partial charge in [-0.05, 0) is 68.1 Å². The van der Waals surface area contributed by atoms with Crippen molar-refractivity contribution in [2.24, 2.45) is 0 Å². The molecule has 0 bridgehead atoms. The Hall–Kier alpha value is -2.55. The Balaban J connectivity index is 1.29. The molecule has 5 nitrogen and oxygen atoms in total. The van der Waals surface area contributed by atoms with Crippen molar-refractivity contribution in [3.8, 4) is 11.8 Å². The van der Waals surface area contributed by atoms with Gasteiger partial charge < -0.3 is 10.1 Å². The number of halogens is 1. The fraction of sp³-hybridized carbons (Fsp3) is 0.391. The van der Waals surface area contributed by atoms with E-state index in [2.05, 4.69) is 23.3 Å². The maximum Gasteiger partial charge on any atom is 0.251 e. The number of carbonyl (C=O) groups excluding carboxylic acids is 1. The first-order chi connectivity index (χ1) is 14.0. The van der Waals surface area contributed by atoms with Gasteiger partial charge in [-0.15, -0.1) is 0 Å². The van der Waals surface area contributed by atoms with Crippen LogP contribution < -0.4 is 10.1 Å². The van der Waals surface area contributed by atoms with Crippen LogP contribution in [0.15, 0.2) is 36.4 Å². The summed E-state index contributed by atoms with van der Waals surface area (Å²) in [5.41, 5.74) is 3.75. The van der Waals surface area contributed by atoms with Gasteiger partial charge in [-0.1, -0.05) is 17.7 Å². The highest BCUT2D eigenvalue weighted by atomic mass is 35.5. The number of carbonyl (C=O) groups is 1. The second-order valence-electron chi connectivity index (χ2n) is 7.97. The van der Waals surface area contributed by atoms with Crippen LogP contribution in [0.3, 0.4) is 0 Å². The summed E-state index contributed by atoms with van der Waals surface area (Å²) in [6, 6.07) is 13.4. The van der Waals surface area contributed by atoms with E-state index < -0.39 is 0 Å². The van der Waals surface area contributed by atoms with Gasteiger partial charge in [0.15, 0.2) is 0 Å². The molecule has 0 radical (unpaired) electrons. The van der Waals surface area contributed by atoms with Gasteiger partial charge in [0.1, 0.15) is 11.8 Å². The van der Waals surface area contributed by atoms with E-state index >= 15 is 0 Å². The van der Waals surface area contributed by atoms with E-state index in [0.29, 0.717) is 16.3 Å². The van der Waals surface area contributed by atoms with E-state index in [1.165, 1.54) is 11.1 Å². The Morgan fingerprint density at radius 1 is 1.14 bits per heavy atom. The number of nitrogens with zero attached hydrogens (tertiary/aromatic N) is 2. The van der Waals surface area contributed by atoms with Crippen LogP contribution in [0.4, 0.5) is 0 Å². The van der Waals surface area contributed by atoms with Gasteiger partial charge in [-0.2, -0.15) is 5.26 Å². The Morgan fingerprint density at radius 3 is 2.62 bits per heavy atom. The topological polar surface area (TPSA) is 65.4 Å². The average molecular weight is 410 g/mol.